The molecule has 0 aliphatic rings. The molecular formula is C21H16FN3O4. The van der Waals surface area contributed by atoms with E-state index in [1.165, 1.54) is 32.4 Å². The van der Waals surface area contributed by atoms with Gasteiger partial charge in [-0.3, -0.25) is 5.10 Å². The first-order valence-electron chi connectivity index (χ1n) is 8.62. The van der Waals surface area contributed by atoms with E-state index in [-0.39, 0.29) is 17.0 Å². The summed E-state index contributed by atoms with van der Waals surface area (Å²) in [5, 5.41) is 17.2. The van der Waals surface area contributed by atoms with Crippen molar-refractivity contribution >= 4 is 17.0 Å². The highest BCUT2D eigenvalue weighted by Crippen LogP contribution is 2.36. The highest BCUT2D eigenvalue weighted by Gasteiger charge is 2.21. The highest BCUT2D eigenvalue weighted by molar-refractivity contribution is 6.08. The predicted octanol–water partition coefficient (Wildman–Crippen LogP) is 4.15. The number of carboxylic acid groups (broad SMARTS) is 1. The molecule has 0 fully saturated rings. The Balaban J connectivity index is 1.96. The highest BCUT2D eigenvalue weighted by atomic mass is 19.1. The lowest BCUT2D eigenvalue weighted by Gasteiger charge is -2.11. The lowest BCUT2D eigenvalue weighted by molar-refractivity contribution is 0.0699. The van der Waals surface area contributed by atoms with Gasteiger partial charge in [0.05, 0.1) is 36.6 Å². The molecular weight excluding hydrogens is 377 g/mol. The van der Waals surface area contributed by atoms with Crippen LogP contribution in [0, 0.1) is 5.82 Å². The molecule has 2 N–H and O–H groups in total. The van der Waals surface area contributed by atoms with Gasteiger partial charge in [-0.1, -0.05) is 0 Å². The van der Waals surface area contributed by atoms with Crippen LogP contribution < -0.4 is 9.47 Å². The molecule has 4 rings (SSSR count). The van der Waals surface area contributed by atoms with E-state index in [2.05, 4.69) is 15.2 Å². The molecule has 0 aliphatic carbocycles. The molecule has 146 valence electrons. The summed E-state index contributed by atoms with van der Waals surface area (Å²) in [7, 11) is 3.05. The Bertz CT molecular complexity index is 1220. The first kappa shape index (κ1) is 18.4. The van der Waals surface area contributed by atoms with Gasteiger partial charge in [0.2, 0.25) is 0 Å². The molecule has 0 bridgehead atoms. The van der Waals surface area contributed by atoms with E-state index >= 15 is 0 Å². The summed E-state index contributed by atoms with van der Waals surface area (Å²) in [5.74, 6) is -0.427. The number of nitrogens with one attached hydrogen (secondary N) is 1. The summed E-state index contributed by atoms with van der Waals surface area (Å²) in [4.78, 5) is 16.5. The lowest BCUT2D eigenvalue weighted by Crippen LogP contribution is -2.01. The second kappa shape index (κ2) is 7.23. The Morgan fingerprint density at radius 2 is 1.83 bits per heavy atom. The van der Waals surface area contributed by atoms with Crippen molar-refractivity contribution in [2.24, 2.45) is 0 Å². The van der Waals surface area contributed by atoms with Crippen LogP contribution in [-0.2, 0) is 0 Å². The number of benzene rings is 2. The van der Waals surface area contributed by atoms with Crippen molar-refractivity contribution < 1.29 is 23.8 Å². The van der Waals surface area contributed by atoms with Gasteiger partial charge < -0.3 is 14.6 Å². The van der Waals surface area contributed by atoms with Crippen LogP contribution in [0.25, 0.3) is 33.5 Å². The second-order valence-electron chi connectivity index (χ2n) is 6.23. The number of ether oxygens (including phenoxy) is 2. The number of aromatic nitrogens is 3. The average Bonchev–Trinajstić information content (AvgIpc) is 3.17. The minimum Gasteiger partial charge on any atom is -0.497 e. The molecule has 0 radical (unpaired) electrons. The number of carboxylic acids is 1. The van der Waals surface area contributed by atoms with Crippen molar-refractivity contribution in [1.29, 1.82) is 0 Å². The van der Waals surface area contributed by atoms with Crippen molar-refractivity contribution in [1.82, 2.24) is 15.2 Å². The number of pyridine rings is 1. The standard InChI is InChI=1S/C21H16FN3O4/c1-28-13-7-8-17(29-2)14(9-13)16-10-15(21(26)27)18-19(24-25-20(18)23-16)11-3-5-12(22)6-4-11/h3-10H,1-2H3,(H,26,27)(H,23,24,25). The van der Waals surface area contributed by atoms with Gasteiger partial charge >= 0.3 is 5.97 Å². The first-order valence-corrected chi connectivity index (χ1v) is 8.62. The topological polar surface area (TPSA) is 97.3 Å². The minimum atomic E-state index is -1.13. The number of carbonyl (C=O) groups is 1. The minimum absolute atomic E-state index is 0.0166. The number of methoxy groups -OCH3 is 2. The molecule has 0 atom stereocenters. The smallest absolute Gasteiger partial charge is 0.336 e. The molecule has 0 saturated heterocycles. The zero-order valence-electron chi connectivity index (χ0n) is 15.6. The summed E-state index contributed by atoms with van der Waals surface area (Å²) in [6.45, 7) is 0. The van der Waals surface area contributed by atoms with Crippen LogP contribution in [-0.4, -0.2) is 40.5 Å². The van der Waals surface area contributed by atoms with Crippen LogP contribution in [0.3, 0.4) is 0 Å². The maximum absolute atomic E-state index is 13.3. The number of H-pyrrole nitrogens is 1. The fraction of sp³-hybridized carbons (Fsp3) is 0.0952. The van der Waals surface area contributed by atoms with Crippen LogP contribution in [0.4, 0.5) is 4.39 Å². The molecule has 0 unspecified atom stereocenters. The predicted molar refractivity (Wildman–Crippen MR) is 105 cm³/mol. The normalized spacial score (nSPS) is 10.9. The number of aromatic carboxylic acids is 1. The van der Waals surface area contributed by atoms with Crippen molar-refractivity contribution in [2.45, 2.75) is 0 Å². The van der Waals surface area contributed by atoms with E-state index < -0.39 is 5.97 Å². The van der Waals surface area contributed by atoms with Crippen LogP contribution in [0.15, 0.2) is 48.5 Å². The van der Waals surface area contributed by atoms with Crippen molar-refractivity contribution in [3.63, 3.8) is 0 Å². The van der Waals surface area contributed by atoms with E-state index in [4.69, 9.17) is 9.47 Å². The zero-order valence-corrected chi connectivity index (χ0v) is 15.6. The van der Waals surface area contributed by atoms with Crippen molar-refractivity contribution in [3.05, 3.63) is 59.9 Å². The molecule has 0 aliphatic heterocycles. The SMILES string of the molecule is COc1ccc(OC)c(-c2cc(C(=O)O)c3c(-c4ccc(F)cc4)[nH]nc3n2)c1. The lowest BCUT2D eigenvalue weighted by atomic mass is 10.0. The van der Waals surface area contributed by atoms with E-state index in [1.807, 2.05) is 0 Å². The third-order valence-corrected chi connectivity index (χ3v) is 4.57. The number of rotatable bonds is 5. The van der Waals surface area contributed by atoms with E-state index in [1.54, 1.807) is 30.3 Å². The van der Waals surface area contributed by atoms with Crippen LogP contribution in [0.2, 0.25) is 0 Å². The first-order chi connectivity index (χ1) is 14.0. The van der Waals surface area contributed by atoms with E-state index in [9.17, 15) is 14.3 Å². The Morgan fingerprint density at radius 1 is 1.07 bits per heavy atom. The molecule has 8 heteroatoms. The summed E-state index contributed by atoms with van der Waals surface area (Å²) < 4.78 is 23.9. The maximum Gasteiger partial charge on any atom is 0.336 e. The number of fused-ring (bicyclic) bond motifs is 1. The molecule has 4 aromatic rings. The van der Waals surface area contributed by atoms with Gasteiger partial charge in [0.25, 0.3) is 0 Å². The molecule has 7 nitrogen and oxygen atoms in total. The van der Waals surface area contributed by atoms with E-state index in [0.29, 0.717) is 39.4 Å². The van der Waals surface area contributed by atoms with Gasteiger partial charge in [-0.15, -0.1) is 0 Å². The van der Waals surface area contributed by atoms with Gasteiger partial charge in [0, 0.05) is 11.1 Å². The fourth-order valence-electron chi connectivity index (χ4n) is 3.17. The number of aromatic amines is 1. The third kappa shape index (κ3) is 3.25. The summed E-state index contributed by atoms with van der Waals surface area (Å²) in [5.41, 5.74) is 2.25. The van der Waals surface area contributed by atoms with Gasteiger partial charge in [-0.2, -0.15) is 5.10 Å². The molecule has 2 aromatic carbocycles. The monoisotopic (exact) mass is 393 g/mol. The molecule has 2 aromatic heterocycles. The number of halogens is 1. The van der Waals surface area contributed by atoms with Gasteiger partial charge in [-0.25, -0.2) is 14.2 Å². The molecule has 2 heterocycles. The van der Waals surface area contributed by atoms with Crippen LogP contribution in [0.1, 0.15) is 10.4 Å². The Labute approximate surface area is 164 Å². The van der Waals surface area contributed by atoms with Gasteiger partial charge in [0.15, 0.2) is 5.65 Å². The molecule has 0 amide bonds. The van der Waals surface area contributed by atoms with Gasteiger partial charge in [0.1, 0.15) is 17.3 Å². The quantitative estimate of drug-likeness (QED) is 0.529. The molecule has 0 saturated carbocycles. The Hall–Kier alpha value is -3.94. The van der Waals surface area contributed by atoms with Crippen molar-refractivity contribution in [3.8, 4) is 34.0 Å². The van der Waals surface area contributed by atoms with Crippen LogP contribution in [0.5, 0.6) is 11.5 Å². The second-order valence-corrected chi connectivity index (χ2v) is 6.23. The summed E-state index contributed by atoms with van der Waals surface area (Å²) in [6.07, 6.45) is 0. The third-order valence-electron chi connectivity index (χ3n) is 4.57. The maximum atomic E-state index is 13.3. The van der Waals surface area contributed by atoms with Crippen LogP contribution >= 0.6 is 0 Å². The van der Waals surface area contributed by atoms with Crippen molar-refractivity contribution in [2.75, 3.05) is 14.2 Å². The number of hydrogen-bond donors (Lipinski definition) is 2. The van der Waals surface area contributed by atoms with Gasteiger partial charge in [-0.05, 0) is 48.5 Å². The average molecular weight is 393 g/mol. The zero-order chi connectivity index (χ0) is 20.5. The number of hydrogen-bond acceptors (Lipinski definition) is 5. The molecule has 0 spiro atoms. The number of nitrogens with zero attached hydrogens (tertiary/aromatic N) is 2. The Morgan fingerprint density at radius 3 is 2.48 bits per heavy atom. The summed E-state index contributed by atoms with van der Waals surface area (Å²) in [6, 6.07) is 12.3. The molecule has 29 heavy (non-hydrogen) atoms. The van der Waals surface area contributed by atoms with E-state index in [0.717, 1.165) is 0 Å². The largest absolute Gasteiger partial charge is 0.497 e. The fourth-order valence-corrected chi connectivity index (χ4v) is 3.17. The summed E-state index contributed by atoms with van der Waals surface area (Å²) >= 11 is 0. The Kier molecular flexibility index (Phi) is 4.59.